The van der Waals surface area contributed by atoms with Crippen LogP contribution in [0.25, 0.3) is 0 Å². The first-order chi connectivity index (χ1) is 13.3. The molecule has 0 rings (SSSR count). The number of nitrogens with two attached hydrogens (primary N) is 2. The third-order valence-electron chi connectivity index (χ3n) is 4.17. The molecule has 8 nitrogen and oxygen atoms in total. The van der Waals surface area contributed by atoms with E-state index in [-0.39, 0.29) is 12.3 Å². The lowest BCUT2D eigenvalue weighted by molar-refractivity contribution is 0.208. The third-order valence-corrected chi connectivity index (χ3v) is 8.54. The summed E-state index contributed by atoms with van der Waals surface area (Å²) in [7, 11) is 0.484. The van der Waals surface area contributed by atoms with Crippen molar-refractivity contribution in [2.75, 3.05) is 27.4 Å². The van der Waals surface area contributed by atoms with Gasteiger partial charge >= 0.3 is 18.6 Å². The minimum Gasteiger partial charge on any atom is -0.400 e. The maximum absolute atomic E-state index is 5.72. The standard InChI is InChI=1S/C10H26N2O2Si.C8H22N2O2Si/c1-5-10(12-9(4)11)8-15(13-6-2)14-7-3;1-5-8(10-7(2)9)6-13(11-3)12-4/h9-10,12,15H,5-8,11H2,1-4H3;7-8,10,13H,5-6,9H2,1-4H3. The average molecular weight is 441 g/mol. The predicted molar refractivity (Wildman–Crippen MR) is 123 cm³/mol. The zero-order valence-electron chi connectivity index (χ0n) is 19.5. The summed E-state index contributed by atoms with van der Waals surface area (Å²) in [6.45, 7) is 13.7. The highest BCUT2D eigenvalue weighted by Crippen LogP contribution is 2.06. The van der Waals surface area contributed by atoms with Gasteiger partial charge in [-0.1, -0.05) is 13.8 Å². The molecule has 0 amide bonds. The molecule has 0 saturated heterocycles. The zero-order valence-corrected chi connectivity index (χ0v) is 21.8. The topological polar surface area (TPSA) is 113 Å². The monoisotopic (exact) mass is 440 g/mol. The molecule has 0 aromatic rings. The van der Waals surface area contributed by atoms with E-state index >= 15 is 0 Å². The molecule has 0 fully saturated rings. The van der Waals surface area contributed by atoms with Gasteiger partial charge in [-0.15, -0.1) is 0 Å². The van der Waals surface area contributed by atoms with Crippen LogP contribution in [-0.4, -0.2) is 70.4 Å². The Labute approximate surface area is 177 Å². The number of nitrogens with one attached hydrogen (secondary N) is 2. The van der Waals surface area contributed by atoms with Gasteiger partial charge in [-0.2, -0.15) is 0 Å². The molecule has 0 aromatic heterocycles. The highest BCUT2D eigenvalue weighted by Gasteiger charge is 2.19. The van der Waals surface area contributed by atoms with Gasteiger partial charge in [0.05, 0.1) is 12.3 Å². The smallest absolute Gasteiger partial charge is 0.322 e. The zero-order chi connectivity index (χ0) is 21.9. The predicted octanol–water partition coefficient (Wildman–Crippen LogP) is 1.13. The maximum Gasteiger partial charge on any atom is 0.322 e. The summed E-state index contributed by atoms with van der Waals surface area (Å²) in [5.74, 6) is 0. The summed E-state index contributed by atoms with van der Waals surface area (Å²) in [5, 5.41) is 6.61. The van der Waals surface area contributed by atoms with Crippen molar-refractivity contribution >= 4 is 18.6 Å². The lowest BCUT2D eigenvalue weighted by Crippen LogP contribution is -2.44. The Morgan fingerprint density at radius 1 is 0.714 bits per heavy atom. The quantitative estimate of drug-likeness (QED) is 0.209. The summed E-state index contributed by atoms with van der Waals surface area (Å²) < 4.78 is 21.8. The molecule has 0 aromatic carbocycles. The SMILES string of the molecule is CCC(C[SiH](OC)OC)NC(C)N.CCO[SiH](CC(CC)NC(C)N)OCC. The Morgan fingerprint density at radius 2 is 1.07 bits per heavy atom. The van der Waals surface area contributed by atoms with Crippen molar-refractivity contribution in [2.45, 2.75) is 90.9 Å². The van der Waals surface area contributed by atoms with Crippen LogP contribution < -0.4 is 22.1 Å². The van der Waals surface area contributed by atoms with Crippen LogP contribution in [0.1, 0.15) is 54.4 Å². The molecule has 4 atom stereocenters. The van der Waals surface area contributed by atoms with Gasteiger partial charge in [0.25, 0.3) is 0 Å². The molecule has 0 aliphatic carbocycles. The Kier molecular flexibility index (Phi) is 22.1. The minimum atomic E-state index is -1.49. The van der Waals surface area contributed by atoms with Gasteiger partial charge in [-0.05, 0) is 40.5 Å². The van der Waals surface area contributed by atoms with Crippen molar-refractivity contribution in [3.8, 4) is 0 Å². The van der Waals surface area contributed by atoms with Crippen LogP contribution in [0.5, 0.6) is 0 Å². The Morgan fingerprint density at radius 3 is 1.32 bits per heavy atom. The van der Waals surface area contributed by atoms with Gasteiger partial charge < -0.3 is 29.2 Å². The van der Waals surface area contributed by atoms with Crippen molar-refractivity contribution in [1.29, 1.82) is 0 Å². The molecule has 28 heavy (non-hydrogen) atoms. The molecule has 0 heterocycles. The van der Waals surface area contributed by atoms with Gasteiger partial charge in [0.1, 0.15) is 0 Å². The molecule has 0 spiro atoms. The fourth-order valence-corrected chi connectivity index (χ4v) is 6.32. The van der Waals surface area contributed by atoms with Gasteiger partial charge in [0.15, 0.2) is 0 Å². The first-order valence-electron chi connectivity index (χ1n) is 10.6. The van der Waals surface area contributed by atoms with E-state index in [9.17, 15) is 0 Å². The van der Waals surface area contributed by atoms with Crippen LogP contribution in [-0.2, 0) is 17.7 Å². The van der Waals surface area contributed by atoms with Crippen LogP contribution in [0.4, 0.5) is 0 Å². The molecule has 0 bridgehead atoms. The normalized spacial score (nSPS) is 15.9. The largest absolute Gasteiger partial charge is 0.400 e. The van der Waals surface area contributed by atoms with E-state index in [2.05, 4.69) is 24.5 Å². The number of hydrogen-bond acceptors (Lipinski definition) is 8. The average Bonchev–Trinajstić information content (AvgIpc) is 2.64. The molecule has 4 unspecified atom stereocenters. The third kappa shape index (κ3) is 18.2. The number of rotatable bonds is 16. The lowest BCUT2D eigenvalue weighted by atomic mass is 10.2. The molecule has 0 aliphatic heterocycles. The van der Waals surface area contributed by atoms with Gasteiger partial charge in [0, 0.05) is 51.6 Å². The second-order valence-corrected chi connectivity index (χ2v) is 11.1. The van der Waals surface area contributed by atoms with Crippen molar-refractivity contribution in [1.82, 2.24) is 10.6 Å². The van der Waals surface area contributed by atoms with Gasteiger partial charge in [-0.25, -0.2) is 0 Å². The van der Waals surface area contributed by atoms with Gasteiger partial charge in [0.2, 0.25) is 0 Å². The van der Waals surface area contributed by atoms with Crippen molar-refractivity contribution in [3.05, 3.63) is 0 Å². The number of hydrogen-bond donors (Lipinski definition) is 4. The fraction of sp³-hybridized carbons (Fsp3) is 1.00. The molecule has 6 N–H and O–H groups in total. The van der Waals surface area contributed by atoms with E-state index in [4.69, 9.17) is 29.2 Å². The maximum atomic E-state index is 5.72. The summed E-state index contributed by atoms with van der Waals surface area (Å²) >= 11 is 0. The molecule has 0 radical (unpaired) electrons. The van der Waals surface area contributed by atoms with Crippen molar-refractivity contribution in [2.24, 2.45) is 11.5 Å². The van der Waals surface area contributed by atoms with E-state index in [0.717, 1.165) is 38.1 Å². The molecule has 0 saturated carbocycles. The summed E-state index contributed by atoms with van der Waals surface area (Å²) in [5.41, 5.74) is 11.4. The first-order valence-corrected chi connectivity index (χ1v) is 14.1. The van der Waals surface area contributed by atoms with E-state index in [1.54, 1.807) is 14.2 Å². The van der Waals surface area contributed by atoms with E-state index in [1.807, 2.05) is 27.7 Å². The van der Waals surface area contributed by atoms with Crippen LogP contribution >= 0.6 is 0 Å². The molecular weight excluding hydrogens is 392 g/mol. The van der Waals surface area contributed by atoms with Gasteiger partial charge in [-0.3, -0.25) is 10.6 Å². The van der Waals surface area contributed by atoms with Crippen LogP contribution in [0.2, 0.25) is 12.1 Å². The highest BCUT2D eigenvalue weighted by atomic mass is 28.3. The van der Waals surface area contributed by atoms with E-state index in [1.165, 1.54) is 0 Å². The minimum absolute atomic E-state index is 0.0350. The summed E-state index contributed by atoms with van der Waals surface area (Å²) in [6, 6.07) is 2.78. The molecule has 10 heteroatoms. The fourth-order valence-electron chi connectivity index (χ4n) is 2.76. The molecule has 0 aliphatic rings. The van der Waals surface area contributed by atoms with Crippen LogP contribution in [0.3, 0.4) is 0 Å². The summed E-state index contributed by atoms with van der Waals surface area (Å²) in [6.07, 6.45) is 2.18. The van der Waals surface area contributed by atoms with Crippen molar-refractivity contribution in [3.63, 3.8) is 0 Å². The summed E-state index contributed by atoms with van der Waals surface area (Å²) in [4.78, 5) is 0. The van der Waals surface area contributed by atoms with E-state index in [0.29, 0.717) is 12.1 Å². The Hall–Kier alpha value is 0.114. The Balaban J connectivity index is 0. The first kappa shape index (κ1) is 30.3. The lowest BCUT2D eigenvalue weighted by Gasteiger charge is -2.23. The van der Waals surface area contributed by atoms with Crippen LogP contribution in [0.15, 0.2) is 0 Å². The van der Waals surface area contributed by atoms with Crippen molar-refractivity contribution < 1.29 is 17.7 Å². The highest BCUT2D eigenvalue weighted by molar-refractivity contribution is 6.44. The second-order valence-electron chi connectivity index (χ2n) is 6.83. The van der Waals surface area contributed by atoms with E-state index < -0.39 is 18.6 Å². The molecule has 172 valence electrons. The molecular formula is C18H48N4O4Si2. The second kappa shape index (κ2) is 20.4. The van der Waals surface area contributed by atoms with Crippen LogP contribution in [0, 0.1) is 0 Å². The Bertz CT molecular complexity index is 322.